The molecule has 2 aliphatic rings. The zero-order valence-electron chi connectivity index (χ0n) is 21.8. The number of hydrogen-bond donors (Lipinski definition) is 5. The number of anilines is 2. The van der Waals surface area contributed by atoms with Crippen molar-refractivity contribution in [1.82, 2.24) is 19.6 Å². The summed E-state index contributed by atoms with van der Waals surface area (Å²) in [5, 5.41) is 21.7. The second kappa shape index (κ2) is 10.6. The topological polar surface area (TPSA) is 178 Å². The van der Waals surface area contributed by atoms with E-state index >= 15 is 0 Å². The molecule has 2 fully saturated rings. The van der Waals surface area contributed by atoms with Crippen LogP contribution < -0.4 is 11.1 Å². The van der Waals surface area contributed by atoms with Crippen LogP contribution in [0.4, 0.5) is 29.1 Å². The van der Waals surface area contributed by atoms with Crippen LogP contribution in [0.1, 0.15) is 58.9 Å². The third-order valence-corrected chi connectivity index (χ3v) is 8.58. The van der Waals surface area contributed by atoms with Gasteiger partial charge in [-0.15, -0.1) is 0 Å². The predicted molar refractivity (Wildman–Crippen MR) is 139 cm³/mol. The molecule has 0 radical (unpaired) electrons. The Morgan fingerprint density at radius 1 is 1.26 bits per heavy atom. The molecule has 0 bridgehead atoms. The Balaban J connectivity index is 1.36. The minimum atomic E-state index is -4.98. The highest BCUT2D eigenvalue weighted by Crippen LogP contribution is 2.58. The average molecular weight is 637 g/mol. The van der Waals surface area contributed by atoms with Crippen molar-refractivity contribution in [2.24, 2.45) is 18.9 Å². The minimum absolute atomic E-state index is 0.0415. The Hall–Kier alpha value is -3.01. The van der Waals surface area contributed by atoms with Gasteiger partial charge in [0.25, 0.3) is 5.91 Å². The molecular weight excluding hydrogens is 611 g/mol. The molecule has 0 spiro atoms. The number of nitrogens with one attached hydrogen (secondary N) is 1. The van der Waals surface area contributed by atoms with Gasteiger partial charge in [-0.1, -0.05) is 11.6 Å². The number of nitrogen functional groups attached to an aromatic ring is 1. The van der Waals surface area contributed by atoms with Crippen molar-refractivity contribution in [3.05, 3.63) is 57.8 Å². The SMILES string of the molecule is Cn1nc(C2CC3CC(O)(c4cn(COP(=O)(O)O)nc4C(F)(F)F)CC3C2)c(C(=O)Nc2ccc(F)c(Cl)c2)c1N. The molecule has 42 heavy (non-hydrogen) atoms. The van der Waals surface area contributed by atoms with Gasteiger partial charge in [0.05, 0.1) is 16.3 Å². The summed E-state index contributed by atoms with van der Waals surface area (Å²) >= 11 is 5.81. The smallest absolute Gasteiger partial charge is 0.385 e. The van der Waals surface area contributed by atoms with Crippen LogP contribution in [0.25, 0.3) is 0 Å². The van der Waals surface area contributed by atoms with Crippen LogP contribution in [0.2, 0.25) is 5.02 Å². The number of alkyl halides is 3. The first-order valence-electron chi connectivity index (χ1n) is 12.6. The molecule has 0 aliphatic heterocycles. The highest BCUT2D eigenvalue weighted by atomic mass is 35.5. The van der Waals surface area contributed by atoms with Gasteiger partial charge in [-0.05, 0) is 55.7 Å². The third kappa shape index (κ3) is 5.92. The fraction of sp³-hybridized carbons (Fsp3) is 0.458. The Morgan fingerprint density at radius 3 is 2.48 bits per heavy atom. The van der Waals surface area contributed by atoms with Gasteiger partial charge < -0.3 is 25.9 Å². The minimum Gasteiger partial charge on any atom is -0.385 e. The maximum Gasteiger partial charge on any atom is 0.471 e. The molecule has 0 saturated heterocycles. The molecule has 2 saturated carbocycles. The van der Waals surface area contributed by atoms with Crippen molar-refractivity contribution >= 4 is 36.8 Å². The number of nitrogens with zero attached hydrogens (tertiary/aromatic N) is 4. The van der Waals surface area contributed by atoms with E-state index in [4.69, 9.17) is 27.1 Å². The lowest BCUT2D eigenvalue weighted by atomic mass is 9.87. The number of aliphatic hydroxyl groups is 1. The van der Waals surface area contributed by atoms with Crippen molar-refractivity contribution in [3.8, 4) is 0 Å². The molecule has 2 heterocycles. The average Bonchev–Trinajstić information content (AvgIpc) is 3.61. The van der Waals surface area contributed by atoms with E-state index in [-0.39, 0.29) is 52.7 Å². The molecule has 6 N–H and O–H groups in total. The van der Waals surface area contributed by atoms with E-state index in [1.165, 1.54) is 16.8 Å². The van der Waals surface area contributed by atoms with Gasteiger partial charge >= 0.3 is 14.0 Å². The molecule has 5 rings (SSSR count). The molecule has 228 valence electrons. The second-order valence-corrected chi connectivity index (χ2v) is 12.3. The monoisotopic (exact) mass is 636 g/mol. The summed E-state index contributed by atoms with van der Waals surface area (Å²) in [6.07, 6.45) is -3.33. The van der Waals surface area contributed by atoms with Crippen LogP contribution in [0.5, 0.6) is 0 Å². The standard InChI is InChI=1S/C24H26ClF4N6O6P/c1-34-21(30)18(22(36)31-14-2-3-17(26)16(25)6-14)19(32-34)11-4-12-7-23(37,8-13(12)5-11)15-9-35(10-41-42(38,39)40)33-20(15)24(27,28)29/h2-3,6,9,11-13,37H,4-5,7-8,10,30H2,1H3,(H,31,36)(H2,38,39,40). The van der Waals surface area contributed by atoms with E-state index in [1.807, 2.05) is 0 Å². The first kappa shape index (κ1) is 30.4. The summed E-state index contributed by atoms with van der Waals surface area (Å²) < 4.78 is 72.2. The maximum absolute atomic E-state index is 13.8. The molecule has 2 aliphatic carbocycles. The fourth-order valence-electron chi connectivity index (χ4n) is 6.12. The van der Waals surface area contributed by atoms with Crippen LogP contribution in [0, 0.1) is 17.7 Å². The number of aromatic nitrogens is 4. The van der Waals surface area contributed by atoms with Crippen molar-refractivity contribution in [1.29, 1.82) is 0 Å². The highest BCUT2D eigenvalue weighted by Gasteiger charge is 2.54. The molecule has 18 heteroatoms. The number of amides is 1. The number of carbonyl (C=O) groups excluding carboxylic acids is 1. The number of carbonyl (C=O) groups is 1. The van der Waals surface area contributed by atoms with Crippen LogP contribution in [-0.2, 0) is 34.6 Å². The number of phosphoric acid groups is 1. The molecule has 2 aromatic heterocycles. The molecule has 2 unspecified atom stereocenters. The summed E-state index contributed by atoms with van der Waals surface area (Å²) in [7, 11) is -3.42. The summed E-state index contributed by atoms with van der Waals surface area (Å²) in [4.78, 5) is 31.0. The van der Waals surface area contributed by atoms with Gasteiger partial charge in [-0.3, -0.25) is 14.0 Å². The van der Waals surface area contributed by atoms with E-state index < -0.39 is 49.3 Å². The van der Waals surface area contributed by atoms with Crippen LogP contribution in [-0.4, -0.2) is 40.4 Å². The maximum atomic E-state index is 13.8. The van der Waals surface area contributed by atoms with Gasteiger partial charge in [0.1, 0.15) is 17.2 Å². The Morgan fingerprint density at radius 2 is 1.90 bits per heavy atom. The Bertz CT molecular complexity index is 1580. The van der Waals surface area contributed by atoms with Gasteiger partial charge in [0, 0.05) is 30.4 Å². The van der Waals surface area contributed by atoms with E-state index in [9.17, 15) is 32.0 Å². The summed E-state index contributed by atoms with van der Waals surface area (Å²) in [6.45, 7) is -0.950. The largest absolute Gasteiger partial charge is 0.471 e. The van der Waals surface area contributed by atoms with Gasteiger partial charge in [-0.25, -0.2) is 13.6 Å². The number of hydrogen-bond acceptors (Lipinski definition) is 7. The second-order valence-electron chi connectivity index (χ2n) is 10.7. The normalized spacial score (nSPS) is 24.3. The molecule has 2 atom stereocenters. The zero-order valence-corrected chi connectivity index (χ0v) is 23.5. The lowest BCUT2D eigenvalue weighted by Gasteiger charge is -2.25. The van der Waals surface area contributed by atoms with Gasteiger partial charge in [0.2, 0.25) is 0 Å². The number of fused-ring (bicyclic) bond motifs is 1. The fourth-order valence-corrected chi connectivity index (χ4v) is 6.57. The highest BCUT2D eigenvalue weighted by molar-refractivity contribution is 7.46. The number of benzene rings is 1. The summed E-state index contributed by atoms with van der Waals surface area (Å²) in [5.41, 5.74) is 3.14. The van der Waals surface area contributed by atoms with E-state index in [2.05, 4.69) is 20.0 Å². The molecular formula is C24H26ClF4N6O6P. The molecule has 1 aromatic carbocycles. The number of halogens is 5. The number of nitrogens with two attached hydrogens (primary N) is 1. The Kier molecular flexibility index (Phi) is 7.69. The lowest BCUT2D eigenvalue weighted by Crippen LogP contribution is -2.26. The Labute approximate surface area is 240 Å². The van der Waals surface area contributed by atoms with Crippen LogP contribution >= 0.6 is 19.4 Å². The summed E-state index contributed by atoms with van der Waals surface area (Å²) in [6, 6.07) is 3.68. The van der Waals surface area contributed by atoms with Crippen molar-refractivity contribution in [2.45, 2.75) is 50.1 Å². The zero-order chi connectivity index (χ0) is 30.8. The van der Waals surface area contributed by atoms with Gasteiger partial charge in [-0.2, -0.15) is 23.4 Å². The van der Waals surface area contributed by atoms with Crippen molar-refractivity contribution in [2.75, 3.05) is 11.1 Å². The summed E-state index contributed by atoms with van der Waals surface area (Å²) in [5.74, 6) is -1.91. The lowest BCUT2D eigenvalue weighted by molar-refractivity contribution is -0.144. The third-order valence-electron chi connectivity index (χ3n) is 7.84. The number of phosphoric ester groups is 1. The van der Waals surface area contributed by atoms with E-state index in [0.29, 0.717) is 23.2 Å². The number of aryl methyl sites for hydroxylation is 1. The van der Waals surface area contributed by atoms with Crippen molar-refractivity contribution in [3.63, 3.8) is 0 Å². The van der Waals surface area contributed by atoms with E-state index in [0.717, 1.165) is 12.3 Å². The van der Waals surface area contributed by atoms with Crippen LogP contribution in [0.15, 0.2) is 24.4 Å². The molecule has 12 nitrogen and oxygen atoms in total. The number of rotatable bonds is 7. The first-order valence-corrected chi connectivity index (χ1v) is 14.5. The molecule has 1 amide bonds. The predicted octanol–water partition coefficient (Wildman–Crippen LogP) is 4.12. The van der Waals surface area contributed by atoms with E-state index in [1.54, 1.807) is 7.05 Å². The van der Waals surface area contributed by atoms with Crippen molar-refractivity contribution < 1.29 is 46.3 Å². The first-order chi connectivity index (χ1) is 19.4. The molecule has 3 aromatic rings. The quantitative estimate of drug-likeness (QED) is 0.188. The van der Waals surface area contributed by atoms with Gasteiger partial charge in [0.15, 0.2) is 12.4 Å². The van der Waals surface area contributed by atoms with Crippen LogP contribution in [0.3, 0.4) is 0 Å².